The highest BCUT2D eigenvalue weighted by Gasteiger charge is 2.02. The molecule has 0 aliphatic carbocycles. The molecule has 0 atom stereocenters. The first-order valence-electron chi connectivity index (χ1n) is 5.13. The normalized spacial score (nSPS) is 9.94. The Morgan fingerprint density at radius 3 is 2.41 bits per heavy atom. The fourth-order valence-electron chi connectivity index (χ4n) is 1.45. The van der Waals surface area contributed by atoms with Gasteiger partial charge in [-0.1, -0.05) is 11.8 Å². The second-order valence-electron chi connectivity index (χ2n) is 3.65. The summed E-state index contributed by atoms with van der Waals surface area (Å²) in [4.78, 5) is 2.06. The first kappa shape index (κ1) is 11.7. The first-order valence-corrected chi connectivity index (χ1v) is 5.95. The van der Waals surface area contributed by atoms with E-state index in [1.807, 2.05) is 19.1 Å². The highest BCUT2D eigenvalue weighted by Crippen LogP contribution is 2.30. The van der Waals surface area contributed by atoms with Crippen molar-refractivity contribution in [3.63, 3.8) is 0 Å². The molecule has 0 unspecified atom stereocenters. The van der Waals surface area contributed by atoms with Crippen LogP contribution in [0.15, 0.2) is 52.3 Å². The molecule has 0 saturated carbocycles. The predicted molar refractivity (Wildman–Crippen MR) is 66.4 cm³/mol. The number of rotatable bonds is 2. The van der Waals surface area contributed by atoms with Crippen molar-refractivity contribution in [3.8, 4) is 6.07 Å². The van der Waals surface area contributed by atoms with Gasteiger partial charge in [-0.15, -0.1) is 0 Å². The molecule has 17 heavy (non-hydrogen) atoms. The number of nitriles is 1. The van der Waals surface area contributed by atoms with Gasteiger partial charge in [0.05, 0.1) is 11.6 Å². The molecule has 0 saturated heterocycles. The summed E-state index contributed by atoms with van der Waals surface area (Å²) in [6, 6.07) is 14.2. The van der Waals surface area contributed by atoms with Crippen molar-refractivity contribution >= 4 is 11.8 Å². The molecule has 84 valence electrons. The van der Waals surface area contributed by atoms with Crippen LogP contribution in [0.3, 0.4) is 0 Å². The Bertz CT molecular complexity index is 570. The third kappa shape index (κ3) is 2.86. The Morgan fingerprint density at radius 2 is 1.82 bits per heavy atom. The Morgan fingerprint density at radius 1 is 1.12 bits per heavy atom. The molecule has 0 spiro atoms. The van der Waals surface area contributed by atoms with Crippen molar-refractivity contribution in [2.24, 2.45) is 0 Å². The minimum absolute atomic E-state index is 0.216. The molecule has 2 aromatic rings. The Hall–Kier alpha value is -1.79. The molecular weight excluding hydrogens is 233 g/mol. The monoisotopic (exact) mass is 243 g/mol. The number of nitrogens with zero attached hydrogens (tertiary/aromatic N) is 1. The lowest BCUT2D eigenvalue weighted by atomic mass is 10.2. The second kappa shape index (κ2) is 5.03. The van der Waals surface area contributed by atoms with Crippen LogP contribution in [0.2, 0.25) is 0 Å². The van der Waals surface area contributed by atoms with E-state index >= 15 is 0 Å². The van der Waals surface area contributed by atoms with Gasteiger partial charge in [-0.3, -0.25) is 0 Å². The highest BCUT2D eigenvalue weighted by atomic mass is 32.2. The van der Waals surface area contributed by atoms with E-state index in [1.54, 1.807) is 30.0 Å². The standard InChI is InChI=1S/C14H10FNS/c1-10-8-12(15)4-7-14(10)17-13-5-2-11(9-16)3-6-13/h2-8H,1H3. The number of aryl methyl sites for hydroxylation is 1. The maximum Gasteiger partial charge on any atom is 0.123 e. The second-order valence-corrected chi connectivity index (χ2v) is 4.76. The van der Waals surface area contributed by atoms with Crippen LogP contribution < -0.4 is 0 Å². The fourth-order valence-corrected chi connectivity index (χ4v) is 2.33. The Kier molecular flexibility index (Phi) is 3.46. The molecule has 0 bridgehead atoms. The van der Waals surface area contributed by atoms with Gasteiger partial charge in [-0.25, -0.2) is 4.39 Å². The zero-order chi connectivity index (χ0) is 12.3. The molecule has 0 N–H and O–H groups in total. The van der Waals surface area contributed by atoms with E-state index in [2.05, 4.69) is 6.07 Å². The molecule has 0 fully saturated rings. The molecule has 0 radical (unpaired) electrons. The average molecular weight is 243 g/mol. The summed E-state index contributed by atoms with van der Waals surface area (Å²) in [5, 5.41) is 8.69. The lowest BCUT2D eigenvalue weighted by Gasteiger charge is -2.05. The molecule has 3 heteroatoms. The number of benzene rings is 2. The molecule has 0 heterocycles. The average Bonchev–Trinajstić information content (AvgIpc) is 2.34. The molecule has 1 nitrogen and oxygen atoms in total. The maximum absolute atomic E-state index is 12.9. The maximum atomic E-state index is 12.9. The van der Waals surface area contributed by atoms with Gasteiger partial charge in [0.15, 0.2) is 0 Å². The SMILES string of the molecule is Cc1cc(F)ccc1Sc1ccc(C#N)cc1. The van der Waals surface area contributed by atoms with Crippen molar-refractivity contribution in [2.75, 3.05) is 0 Å². The van der Waals surface area contributed by atoms with E-state index in [4.69, 9.17) is 5.26 Å². The van der Waals surface area contributed by atoms with Crippen molar-refractivity contribution in [1.29, 1.82) is 5.26 Å². The smallest absolute Gasteiger partial charge is 0.123 e. The van der Waals surface area contributed by atoms with Crippen LogP contribution in [0, 0.1) is 24.1 Å². The van der Waals surface area contributed by atoms with E-state index < -0.39 is 0 Å². The topological polar surface area (TPSA) is 23.8 Å². The van der Waals surface area contributed by atoms with Crippen LogP contribution in [0.5, 0.6) is 0 Å². The van der Waals surface area contributed by atoms with E-state index in [-0.39, 0.29) is 5.82 Å². The van der Waals surface area contributed by atoms with Crippen LogP contribution >= 0.6 is 11.8 Å². The molecule has 0 aliphatic heterocycles. The van der Waals surface area contributed by atoms with Crippen LogP contribution in [0.4, 0.5) is 4.39 Å². The predicted octanol–water partition coefficient (Wildman–Crippen LogP) is 4.16. The van der Waals surface area contributed by atoms with Gasteiger partial charge in [0.1, 0.15) is 5.82 Å². The Balaban J connectivity index is 2.23. The van der Waals surface area contributed by atoms with Gasteiger partial charge in [0, 0.05) is 9.79 Å². The largest absolute Gasteiger partial charge is 0.207 e. The summed E-state index contributed by atoms with van der Waals surface area (Å²) in [5.74, 6) is -0.216. The van der Waals surface area contributed by atoms with Crippen LogP contribution in [-0.2, 0) is 0 Å². The summed E-state index contributed by atoms with van der Waals surface area (Å²) in [6.07, 6.45) is 0. The zero-order valence-electron chi connectivity index (χ0n) is 9.27. The van der Waals surface area contributed by atoms with Crippen molar-refractivity contribution < 1.29 is 4.39 Å². The molecule has 0 aliphatic rings. The highest BCUT2D eigenvalue weighted by molar-refractivity contribution is 7.99. The summed E-state index contributed by atoms with van der Waals surface area (Å²) in [6.45, 7) is 1.88. The minimum atomic E-state index is -0.216. The molecule has 2 rings (SSSR count). The van der Waals surface area contributed by atoms with Gasteiger partial charge in [-0.05, 0) is 55.0 Å². The summed E-state index contributed by atoms with van der Waals surface area (Å²) in [7, 11) is 0. The zero-order valence-corrected chi connectivity index (χ0v) is 10.1. The summed E-state index contributed by atoms with van der Waals surface area (Å²) >= 11 is 1.57. The van der Waals surface area contributed by atoms with E-state index in [0.29, 0.717) is 5.56 Å². The third-order valence-corrected chi connectivity index (χ3v) is 3.53. The summed E-state index contributed by atoms with van der Waals surface area (Å²) < 4.78 is 12.9. The molecular formula is C14H10FNS. The van der Waals surface area contributed by atoms with Crippen molar-refractivity contribution in [3.05, 3.63) is 59.4 Å². The van der Waals surface area contributed by atoms with Crippen molar-refractivity contribution in [1.82, 2.24) is 0 Å². The van der Waals surface area contributed by atoms with E-state index in [0.717, 1.165) is 15.4 Å². The molecule has 2 aromatic carbocycles. The van der Waals surface area contributed by atoms with Crippen LogP contribution in [0.1, 0.15) is 11.1 Å². The molecule has 0 aromatic heterocycles. The van der Waals surface area contributed by atoms with Crippen LogP contribution in [0.25, 0.3) is 0 Å². The van der Waals surface area contributed by atoms with E-state index in [1.165, 1.54) is 12.1 Å². The lowest BCUT2D eigenvalue weighted by molar-refractivity contribution is 0.625. The minimum Gasteiger partial charge on any atom is -0.207 e. The number of hydrogen-bond acceptors (Lipinski definition) is 2. The van der Waals surface area contributed by atoms with Gasteiger partial charge >= 0.3 is 0 Å². The lowest BCUT2D eigenvalue weighted by Crippen LogP contribution is -1.82. The van der Waals surface area contributed by atoms with Gasteiger partial charge < -0.3 is 0 Å². The van der Waals surface area contributed by atoms with E-state index in [9.17, 15) is 4.39 Å². The quantitative estimate of drug-likeness (QED) is 0.790. The van der Waals surface area contributed by atoms with Gasteiger partial charge in [-0.2, -0.15) is 5.26 Å². The number of hydrogen-bond donors (Lipinski definition) is 0. The third-order valence-electron chi connectivity index (χ3n) is 2.35. The Labute approximate surface area is 104 Å². The fraction of sp³-hybridized carbons (Fsp3) is 0.0714. The van der Waals surface area contributed by atoms with Crippen LogP contribution in [-0.4, -0.2) is 0 Å². The summed E-state index contributed by atoms with van der Waals surface area (Å²) in [5.41, 5.74) is 1.56. The van der Waals surface area contributed by atoms with Crippen molar-refractivity contribution in [2.45, 2.75) is 16.7 Å². The van der Waals surface area contributed by atoms with Gasteiger partial charge in [0.25, 0.3) is 0 Å². The molecule has 0 amide bonds. The first-order chi connectivity index (χ1) is 8.19. The number of halogens is 1. The van der Waals surface area contributed by atoms with Gasteiger partial charge in [0.2, 0.25) is 0 Å².